The van der Waals surface area contributed by atoms with Gasteiger partial charge in [0, 0.05) is 27.3 Å². The standard InChI is InChI=1S/C20H18Cl2N6O2/c1-25(13-5-4-8-23-10-13)19-24-17-16(26(19)2)18(29)28(20(30)27(17)3)11-12-6-7-14(21)15(22)9-12/h4-10H,11H2,1-3H3. The number of benzene rings is 1. The Balaban J connectivity index is 1.88. The zero-order chi connectivity index (χ0) is 21.6. The Morgan fingerprint density at radius 2 is 1.83 bits per heavy atom. The molecular formula is C20H18Cl2N6O2. The third kappa shape index (κ3) is 3.28. The van der Waals surface area contributed by atoms with Gasteiger partial charge in [0.25, 0.3) is 5.56 Å². The second kappa shape index (κ2) is 7.62. The van der Waals surface area contributed by atoms with E-state index in [0.717, 1.165) is 10.3 Å². The number of hydrogen-bond donors (Lipinski definition) is 0. The van der Waals surface area contributed by atoms with E-state index in [1.54, 1.807) is 54.2 Å². The van der Waals surface area contributed by atoms with Gasteiger partial charge in [0.2, 0.25) is 5.95 Å². The number of halogens is 2. The molecule has 3 aromatic heterocycles. The predicted octanol–water partition coefficient (Wildman–Crippen LogP) is 2.95. The van der Waals surface area contributed by atoms with Gasteiger partial charge in [0.15, 0.2) is 11.2 Å². The van der Waals surface area contributed by atoms with Crippen molar-refractivity contribution in [3.8, 4) is 0 Å². The molecule has 0 radical (unpaired) electrons. The highest BCUT2D eigenvalue weighted by Crippen LogP contribution is 2.24. The fraction of sp³-hybridized carbons (Fsp3) is 0.200. The Labute approximate surface area is 181 Å². The first-order valence-corrected chi connectivity index (χ1v) is 9.79. The van der Waals surface area contributed by atoms with Crippen molar-refractivity contribution in [2.45, 2.75) is 6.54 Å². The molecule has 0 unspecified atom stereocenters. The molecule has 0 fully saturated rings. The van der Waals surface area contributed by atoms with Gasteiger partial charge >= 0.3 is 5.69 Å². The minimum Gasteiger partial charge on any atom is -0.313 e. The summed E-state index contributed by atoms with van der Waals surface area (Å²) in [5.74, 6) is 0.511. The highest BCUT2D eigenvalue weighted by atomic mass is 35.5. The molecule has 0 aliphatic carbocycles. The van der Waals surface area contributed by atoms with E-state index in [4.69, 9.17) is 23.2 Å². The molecule has 3 heterocycles. The van der Waals surface area contributed by atoms with E-state index in [9.17, 15) is 9.59 Å². The van der Waals surface area contributed by atoms with Crippen LogP contribution >= 0.6 is 23.2 Å². The smallest absolute Gasteiger partial charge is 0.313 e. The number of pyridine rings is 1. The molecule has 0 amide bonds. The van der Waals surface area contributed by atoms with Gasteiger partial charge in [-0.15, -0.1) is 0 Å². The zero-order valence-corrected chi connectivity index (χ0v) is 18.0. The Hall–Kier alpha value is -3.10. The van der Waals surface area contributed by atoms with Crippen molar-refractivity contribution in [2.24, 2.45) is 14.1 Å². The largest absolute Gasteiger partial charge is 0.332 e. The van der Waals surface area contributed by atoms with Gasteiger partial charge in [-0.3, -0.25) is 18.9 Å². The summed E-state index contributed by atoms with van der Waals surface area (Å²) in [5, 5.41) is 0.770. The molecule has 0 N–H and O–H groups in total. The fourth-order valence-electron chi connectivity index (χ4n) is 3.36. The van der Waals surface area contributed by atoms with Crippen LogP contribution < -0.4 is 16.1 Å². The number of anilines is 2. The maximum atomic E-state index is 13.2. The minimum absolute atomic E-state index is 0.0668. The molecular weight excluding hydrogens is 427 g/mol. The summed E-state index contributed by atoms with van der Waals surface area (Å²) in [5.41, 5.74) is 1.23. The summed E-state index contributed by atoms with van der Waals surface area (Å²) in [6, 6.07) is 8.71. The first-order valence-electron chi connectivity index (χ1n) is 9.03. The first kappa shape index (κ1) is 20.2. The second-order valence-corrected chi connectivity index (χ2v) is 7.71. The molecule has 4 rings (SSSR count). The summed E-state index contributed by atoms with van der Waals surface area (Å²) in [7, 11) is 5.16. The number of hydrogen-bond acceptors (Lipinski definition) is 5. The molecule has 10 heteroatoms. The Morgan fingerprint density at radius 3 is 2.50 bits per heavy atom. The molecule has 0 atom stereocenters. The summed E-state index contributed by atoms with van der Waals surface area (Å²) < 4.78 is 4.21. The van der Waals surface area contributed by atoms with Gasteiger partial charge in [-0.25, -0.2) is 4.79 Å². The summed E-state index contributed by atoms with van der Waals surface area (Å²) in [4.78, 5) is 36.6. The van der Waals surface area contributed by atoms with Crippen LogP contribution in [0.25, 0.3) is 11.2 Å². The Bertz CT molecular complexity index is 1370. The lowest BCUT2D eigenvalue weighted by atomic mass is 10.2. The van der Waals surface area contributed by atoms with E-state index < -0.39 is 11.2 Å². The van der Waals surface area contributed by atoms with Crippen LogP contribution in [0.3, 0.4) is 0 Å². The minimum atomic E-state index is -0.466. The number of aromatic nitrogens is 5. The topological polar surface area (TPSA) is 78.0 Å². The van der Waals surface area contributed by atoms with Gasteiger partial charge in [0.1, 0.15) is 0 Å². The first-order chi connectivity index (χ1) is 14.3. The SMILES string of the molecule is CN(c1cccnc1)c1nc2c(c(=O)n(Cc3ccc(Cl)c(Cl)c3)c(=O)n2C)n1C. The zero-order valence-electron chi connectivity index (χ0n) is 16.5. The molecule has 0 bridgehead atoms. The number of imidazole rings is 1. The molecule has 4 aromatic rings. The van der Waals surface area contributed by atoms with Gasteiger partial charge in [0.05, 0.1) is 28.5 Å². The molecule has 0 spiro atoms. The molecule has 0 aliphatic heterocycles. The molecule has 0 saturated carbocycles. The summed E-state index contributed by atoms with van der Waals surface area (Å²) in [6.07, 6.45) is 3.37. The Kier molecular flexibility index (Phi) is 5.13. The summed E-state index contributed by atoms with van der Waals surface area (Å²) >= 11 is 12.0. The molecule has 1 aromatic carbocycles. The van der Waals surface area contributed by atoms with Crippen molar-refractivity contribution in [1.29, 1.82) is 0 Å². The van der Waals surface area contributed by atoms with Crippen LogP contribution in [-0.2, 0) is 20.6 Å². The van der Waals surface area contributed by atoms with Crippen molar-refractivity contribution < 1.29 is 0 Å². The lowest BCUT2D eigenvalue weighted by Gasteiger charge is -2.17. The van der Waals surface area contributed by atoms with Crippen molar-refractivity contribution in [3.63, 3.8) is 0 Å². The number of rotatable bonds is 4. The van der Waals surface area contributed by atoms with E-state index in [0.29, 0.717) is 32.7 Å². The van der Waals surface area contributed by atoms with Gasteiger partial charge < -0.3 is 9.47 Å². The van der Waals surface area contributed by atoms with Crippen LogP contribution in [-0.4, -0.2) is 30.7 Å². The molecule has 8 nitrogen and oxygen atoms in total. The summed E-state index contributed by atoms with van der Waals surface area (Å²) in [6.45, 7) is 0.0668. The normalized spacial score (nSPS) is 11.2. The van der Waals surface area contributed by atoms with Gasteiger partial charge in [-0.2, -0.15) is 4.98 Å². The lowest BCUT2D eigenvalue weighted by Crippen LogP contribution is -2.39. The van der Waals surface area contributed by atoms with Crippen molar-refractivity contribution >= 4 is 46.0 Å². The monoisotopic (exact) mass is 444 g/mol. The van der Waals surface area contributed by atoms with Crippen LogP contribution in [0.15, 0.2) is 52.3 Å². The highest BCUT2D eigenvalue weighted by molar-refractivity contribution is 6.42. The molecule has 154 valence electrons. The van der Waals surface area contributed by atoms with Gasteiger partial charge in [-0.1, -0.05) is 29.3 Å². The van der Waals surface area contributed by atoms with Crippen LogP contribution in [0.2, 0.25) is 10.0 Å². The van der Waals surface area contributed by atoms with Crippen LogP contribution in [0.5, 0.6) is 0 Å². The predicted molar refractivity (Wildman–Crippen MR) is 118 cm³/mol. The number of fused-ring (bicyclic) bond motifs is 1. The third-order valence-electron chi connectivity index (χ3n) is 4.99. The second-order valence-electron chi connectivity index (χ2n) is 6.89. The van der Waals surface area contributed by atoms with Crippen molar-refractivity contribution in [1.82, 2.24) is 23.7 Å². The van der Waals surface area contributed by atoms with E-state index in [-0.39, 0.29) is 6.54 Å². The molecule has 0 aliphatic rings. The lowest BCUT2D eigenvalue weighted by molar-refractivity contribution is 0.655. The van der Waals surface area contributed by atoms with E-state index in [1.165, 1.54) is 4.57 Å². The van der Waals surface area contributed by atoms with Crippen LogP contribution in [0.1, 0.15) is 5.56 Å². The van der Waals surface area contributed by atoms with Crippen LogP contribution in [0.4, 0.5) is 11.6 Å². The Morgan fingerprint density at radius 1 is 1.07 bits per heavy atom. The van der Waals surface area contributed by atoms with E-state index in [2.05, 4.69) is 9.97 Å². The van der Waals surface area contributed by atoms with E-state index in [1.807, 2.05) is 19.2 Å². The highest BCUT2D eigenvalue weighted by Gasteiger charge is 2.21. The molecule has 0 saturated heterocycles. The van der Waals surface area contributed by atoms with Gasteiger partial charge in [-0.05, 0) is 29.8 Å². The quantitative estimate of drug-likeness (QED) is 0.483. The van der Waals surface area contributed by atoms with Crippen molar-refractivity contribution in [3.05, 3.63) is 79.2 Å². The van der Waals surface area contributed by atoms with Crippen molar-refractivity contribution in [2.75, 3.05) is 11.9 Å². The number of aryl methyl sites for hydroxylation is 2. The average Bonchev–Trinajstić information content (AvgIpc) is 3.09. The average molecular weight is 445 g/mol. The number of nitrogens with zero attached hydrogens (tertiary/aromatic N) is 6. The van der Waals surface area contributed by atoms with Crippen LogP contribution in [0, 0.1) is 0 Å². The fourth-order valence-corrected chi connectivity index (χ4v) is 3.68. The maximum Gasteiger partial charge on any atom is 0.332 e. The third-order valence-corrected chi connectivity index (χ3v) is 5.73. The van der Waals surface area contributed by atoms with E-state index >= 15 is 0 Å². The maximum absolute atomic E-state index is 13.2. The molecule has 30 heavy (non-hydrogen) atoms.